The monoisotopic (exact) mass is 307 g/mol. The maximum absolute atomic E-state index is 12.6. The van der Waals surface area contributed by atoms with Crippen LogP contribution in [0.1, 0.15) is 21.6 Å². The number of nitrogens with one attached hydrogen (secondary N) is 2. The number of hydrogen-bond acceptors (Lipinski definition) is 3. The van der Waals surface area contributed by atoms with E-state index in [0.29, 0.717) is 34.9 Å². The van der Waals surface area contributed by atoms with E-state index in [9.17, 15) is 9.59 Å². The van der Waals surface area contributed by atoms with Crippen LogP contribution in [0, 0.1) is 0 Å². The minimum Gasteiger partial charge on any atom is -0.496 e. The molecule has 1 aliphatic heterocycles. The number of benzene rings is 1. The van der Waals surface area contributed by atoms with Gasteiger partial charge in [-0.05, 0) is 18.2 Å². The van der Waals surface area contributed by atoms with E-state index < -0.39 is 0 Å². The zero-order chi connectivity index (χ0) is 15.0. The van der Waals surface area contributed by atoms with Crippen molar-refractivity contribution in [2.24, 2.45) is 0 Å². The van der Waals surface area contributed by atoms with Crippen molar-refractivity contribution < 1.29 is 9.53 Å². The fraction of sp³-hybridized carbons (Fsp3) is 0.286. The molecule has 7 heteroatoms. The number of ether oxygens (including phenoxy) is 1. The van der Waals surface area contributed by atoms with E-state index in [2.05, 4.69) is 10.2 Å². The number of carbonyl (C=O) groups is 1. The molecule has 6 nitrogen and oxygen atoms in total. The minimum absolute atomic E-state index is 0.180. The molecule has 0 aliphatic carbocycles. The number of rotatable bonds is 2. The average molecular weight is 308 g/mol. The van der Waals surface area contributed by atoms with E-state index in [-0.39, 0.29) is 18.0 Å². The number of nitrogens with zero attached hydrogens (tertiary/aromatic N) is 1. The molecule has 0 radical (unpaired) electrons. The maximum Gasteiger partial charge on any atom is 0.269 e. The molecule has 0 atom stereocenters. The van der Waals surface area contributed by atoms with Gasteiger partial charge >= 0.3 is 0 Å². The van der Waals surface area contributed by atoms with Gasteiger partial charge in [0.05, 0.1) is 24.8 Å². The number of aromatic nitrogens is 2. The number of amides is 1. The summed E-state index contributed by atoms with van der Waals surface area (Å²) in [7, 11) is 1.51. The average Bonchev–Trinajstić information content (AvgIpc) is 2.87. The van der Waals surface area contributed by atoms with Gasteiger partial charge in [0, 0.05) is 23.7 Å². The quantitative estimate of drug-likeness (QED) is 0.884. The predicted octanol–water partition coefficient (Wildman–Crippen LogP) is 1.56. The molecule has 1 aromatic carbocycles. The minimum atomic E-state index is -0.194. The van der Waals surface area contributed by atoms with Gasteiger partial charge in [0.15, 0.2) is 0 Å². The molecule has 1 aromatic heterocycles. The Bertz CT molecular complexity index is 750. The Hall–Kier alpha value is -2.21. The second kappa shape index (κ2) is 5.29. The molecule has 2 heterocycles. The molecule has 0 fully saturated rings. The number of aromatic amines is 2. The highest BCUT2D eigenvalue weighted by Gasteiger charge is 2.26. The third kappa shape index (κ3) is 2.42. The standard InChI is InChI=1S/C14H14ClN3O3/c1-21-12-3-2-8(15)6-9(12)14(20)18-5-4-11-10(7-18)13(19)17-16-11/h2-3,6H,4-5,7H2,1H3,(H2,16,17,19). The summed E-state index contributed by atoms with van der Waals surface area (Å²) in [5.41, 5.74) is 1.69. The van der Waals surface area contributed by atoms with Crippen LogP contribution in [0.25, 0.3) is 0 Å². The normalized spacial score (nSPS) is 13.9. The van der Waals surface area contributed by atoms with Crippen molar-refractivity contribution in [3.63, 3.8) is 0 Å². The van der Waals surface area contributed by atoms with Gasteiger partial charge in [0.2, 0.25) is 0 Å². The van der Waals surface area contributed by atoms with Crippen molar-refractivity contribution in [3.05, 3.63) is 50.4 Å². The van der Waals surface area contributed by atoms with Gasteiger partial charge in [0.1, 0.15) is 5.75 Å². The van der Waals surface area contributed by atoms with Crippen LogP contribution in [0.5, 0.6) is 5.75 Å². The zero-order valence-electron chi connectivity index (χ0n) is 11.4. The van der Waals surface area contributed by atoms with Gasteiger partial charge in [-0.15, -0.1) is 0 Å². The highest BCUT2D eigenvalue weighted by Crippen LogP contribution is 2.25. The molecule has 3 rings (SSSR count). The molecular formula is C14H14ClN3O3. The molecule has 0 saturated heterocycles. The molecule has 0 unspecified atom stereocenters. The third-order valence-electron chi connectivity index (χ3n) is 3.63. The second-order valence-electron chi connectivity index (χ2n) is 4.86. The first-order valence-corrected chi connectivity index (χ1v) is 6.89. The maximum atomic E-state index is 12.6. The first-order valence-electron chi connectivity index (χ1n) is 6.51. The lowest BCUT2D eigenvalue weighted by Gasteiger charge is -2.26. The van der Waals surface area contributed by atoms with Crippen LogP contribution >= 0.6 is 11.6 Å². The van der Waals surface area contributed by atoms with Crippen LogP contribution in [0.15, 0.2) is 23.0 Å². The Balaban J connectivity index is 1.92. The van der Waals surface area contributed by atoms with Crippen molar-refractivity contribution in [2.75, 3.05) is 13.7 Å². The molecule has 21 heavy (non-hydrogen) atoms. The van der Waals surface area contributed by atoms with Crippen LogP contribution in [-0.2, 0) is 13.0 Å². The first kappa shape index (κ1) is 13.8. The zero-order valence-corrected chi connectivity index (χ0v) is 12.2. The number of H-pyrrole nitrogens is 2. The van der Waals surface area contributed by atoms with Crippen LogP contribution in [0.3, 0.4) is 0 Å². The molecule has 2 aromatic rings. The molecule has 2 N–H and O–H groups in total. The predicted molar refractivity (Wildman–Crippen MR) is 77.9 cm³/mol. The van der Waals surface area contributed by atoms with E-state index in [1.165, 1.54) is 7.11 Å². The van der Waals surface area contributed by atoms with E-state index >= 15 is 0 Å². The summed E-state index contributed by atoms with van der Waals surface area (Å²) in [6.07, 6.45) is 0.614. The molecule has 0 bridgehead atoms. The van der Waals surface area contributed by atoms with E-state index in [4.69, 9.17) is 16.3 Å². The lowest BCUT2D eigenvalue weighted by atomic mass is 10.1. The molecule has 1 amide bonds. The fourth-order valence-corrected chi connectivity index (χ4v) is 2.68. The van der Waals surface area contributed by atoms with Gasteiger partial charge in [-0.1, -0.05) is 11.6 Å². The van der Waals surface area contributed by atoms with E-state index in [0.717, 1.165) is 5.69 Å². The van der Waals surface area contributed by atoms with Crippen LogP contribution < -0.4 is 10.3 Å². The van der Waals surface area contributed by atoms with Gasteiger partial charge in [-0.2, -0.15) is 0 Å². The van der Waals surface area contributed by atoms with Crippen LogP contribution in [0.4, 0.5) is 0 Å². The Morgan fingerprint density at radius 2 is 2.19 bits per heavy atom. The highest BCUT2D eigenvalue weighted by atomic mass is 35.5. The van der Waals surface area contributed by atoms with Crippen molar-refractivity contribution >= 4 is 17.5 Å². The summed E-state index contributed by atoms with van der Waals surface area (Å²) in [5.74, 6) is 0.277. The highest BCUT2D eigenvalue weighted by molar-refractivity contribution is 6.31. The molecule has 1 aliphatic rings. The molecule has 0 saturated carbocycles. The van der Waals surface area contributed by atoms with Crippen LogP contribution in [-0.4, -0.2) is 34.7 Å². The van der Waals surface area contributed by atoms with Gasteiger partial charge < -0.3 is 14.7 Å². The number of halogens is 1. The van der Waals surface area contributed by atoms with Gasteiger partial charge in [-0.25, -0.2) is 0 Å². The van der Waals surface area contributed by atoms with Gasteiger partial charge in [0.25, 0.3) is 11.5 Å². The third-order valence-corrected chi connectivity index (χ3v) is 3.86. The lowest BCUT2D eigenvalue weighted by Crippen LogP contribution is -2.37. The molecular weight excluding hydrogens is 294 g/mol. The number of methoxy groups -OCH3 is 1. The van der Waals surface area contributed by atoms with Crippen molar-refractivity contribution in [3.8, 4) is 5.75 Å². The summed E-state index contributed by atoms with van der Waals surface area (Å²) >= 11 is 5.96. The molecule has 110 valence electrons. The van der Waals surface area contributed by atoms with E-state index in [1.54, 1.807) is 23.1 Å². The van der Waals surface area contributed by atoms with Crippen molar-refractivity contribution in [2.45, 2.75) is 13.0 Å². The second-order valence-corrected chi connectivity index (χ2v) is 5.29. The summed E-state index contributed by atoms with van der Waals surface area (Å²) in [5, 5.41) is 5.85. The Morgan fingerprint density at radius 1 is 1.38 bits per heavy atom. The largest absolute Gasteiger partial charge is 0.496 e. The Labute approximate surface area is 125 Å². The topological polar surface area (TPSA) is 78.2 Å². The first-order chi connectivity index (χ1) is 10.1. The Morgan fingerprint density at radius 3 is 2.95 bits per heavy atom. The fourth-order valence-electron chi connectivity index (χ4n) is 2.51. The van der Waals surface area contributed by atoms with E-state index in [1.807, 2.05) is 0 Å². The summed E-state index contributed by atoms with van der Waals surface area (Å²) in [6, 6.07) is 4.91. The van der Waals surface area contributed by atoms with Crippen LogP contribution in [0.2, 0.25) is 5.02 Å². The smallest absolute Gasteiger partial charge is 0.269 e. The SMILES string of the molecule is COc1ccc(Cl)cc1C(=O)N1CCc2[nH][nH]c(=O)c2C1. The Kier molecular flexibility index (Phi) is 3.47. The number of hydrogen-bond donors (Lipinski definition) is 2. The van der Waals surface area contributed by atoms with Crippen molar-refractivity contribution in [1.82, 2.24) is 15.1 Å². The number of carbonyl (C=O) groups excluding carboxylic acids is 1. The lowest BCUT2D eigenvalue weighted by molar-refractivity contribution is 0.0730. The number of fused-ring (bicyclic) bond motifs is 1. The molecule has 0 spiro atoms. The summed E-state index contributed by atoms with van der Waals surface area (Å²) < 4.78 is 5.21. The van der Waals surface area contributed by atoms with Crippen molar-refractivity contribution in [1.29, 1.82) is 0 Å². The van der Waals surface area contributed by atoms with Gasteiger partial charge in [-0.3, -0.25) is 14.7 Å². The summed E-state index contributed by atoms with van der Waals surface area (Å²) in [6.45, 7) is 0.817. The summed E-state index contributed by atoms with van der Waals surface area (Å²) in [4.78, 5) is 25.9.